The zero-order chi connectivity index (χ0) is 17.6. The van der Waals surface area contributed by atoms with Gasteiger partial charge in [0, 0.05) is 43.0 Å². The van der Waals surface area contributed by atoms with Crippen LogP contribution in [0.1, 0.15) is 56.3 Å². The normalized spacial score (nSPS) is 23.7. The lowest BCUT2D eigenvalue weighted by atomic mass is 9.99. The molecule has 1 aromatic rings. The number of hydrogen-bond acceptors (Lipinski definition) is 5. The molecule has 2 saturated heterocycles. The average molecular weight is 345 g/mol. The van der Waals surface area contributed by atoms with Gasteiger partial charge in [0.05, 0.1) is 0 Å². The molecule has 25 heavy (non-hydrogen) atoms. The number of anilines is 1. The number of fused-ring (bicyclic) bond motifs is 1. The van der Waals surface area contributed by atoms with Crippen LogP contribution in [0, 0.1) is 13.8 Å². The van der Waals surface area contributed by atoms with E-state index in [4.69, 9.17) is 0 Å². The van der Waals surface area contributed by atoms with E-state index in [0.717, 1.165) is 50.3 Å². The van der Waals surface area contributed by atoms with Crippen molar-refractivity contribution < 1.29 is 4.79 Å². The number of aryl methyl sites for hydroxylation is 2. The van der Waals surface area contributed by atoms with Crippen LogP contribution < -0.4 is 10.6 Å². The quantitative estimate of drug-likeness (QED) is 0.802. The van der Waals surface area contributed by atoms with E-state index in [1.165, 1.54) is 19.3 Å². The van der Waals surface area contributed by atoms with Crippen LogP contribution >= 0.6 is 0 Å². The van der Waals surface area contributed by atoms with Crippen LogP contribution in [0.15, 0.2) is 6.07 Å². The lowest BCUT2D eigenvalue weighted by Gasteiger charge is -2.30. The lowest BCUT2D eigenvalue weighted by molar-refractivity contribution is -0.132. The van der Waals surface area contributed by atoms with E-state index >= 15 is 0 Å². The van der Waals surface area contributed by atoms with Crippen LogP contribution in [0.25, 0.3) is 0 Å². The minimum Gasteiger partial charge on any atom is -0.354 e. The molecule has 2 N–H and O–H groups in total. The molecule has 3 rings (SSSR count). The maximum Gasteiger partial charge on any atom is 0.223 e. The molecule has 6 nitrogen and oxygen atoms in total. The summed E-state index contributed by atoms with van der Waals surface area (Å²) >= 11 is 0. The second-order valence-corrected chi connectivity index (χ2v) is 7.36. The highest BCUT2D eigenvalue weighted by atomic mass is 16.2. The molecule has 0 radical (unpaired) electrons. The minimum atomic E-state index is 0.304. The largest absolute Gasteiger partial charge is 0.354 e. The van der Waals surface area contributed by atoms with Gasteiger partial charge in [0.2, 0.25) is 11.9 Å². The summed E-state index contributed by atoms with van der Waals surface area (Å²) in [5, 5.41) is 6.89. The zero-order valence-electron chi connectivity index (χ0n) is 15.6. The maximum atomic E-state index is 12.7. The zero-order valence-corrected chi connectivity index (χ0v) is 15.6. The van der Waals surface area contributed by atoms with Crippen molar-refractivity contribution >= 4 is 11.9 Å². The Morgan fingerprint density at radius 3 is 2.84 bits per heavy atom. The van der Waals surface area contributed by atoms with E-state index in [-0.39, 0.29) is 0 Å². The topological polar surface area (TPSA) is 70.2 Å². The van der Waals surface area contributed by atoms with Gasteiger partial charge >= 0.3 is 0 Å². The van der Waals surface area contributed by atoms with Gasteiger partial charge < -0.3 is 15.5 Å². The van der Waals surface area contributed by atoms with Crippen molar-refractivity contribution in [2.24, 2.45) is 0 Å². The fourth-order valence-corrected chi connectivity index (χ4v) is 4.09. The second kappa shape index (κ2) is 8.61. The first-order chi connectivity index (χ1) is 12.1. The van der Waals surface area contributed by atoms with Gasteiger partial charge in [-0.2, -0.15) is 0 Å². The molecule has 1 amide bonds. The molecule has 2 aliphatic heterocycles. The summed E-state index contributed by atoms with van der Waals surface area (Å²) in [5.41, 5.74) is 1.93. The third kappa shape index (κ3) is 4.91. The van der Waals surface area contributed by atoms with E-state index in [9.17, 15) is 4.79 Å². The Morgan fingerprint density at radius 2 is 2.04 bits per heavy atom. The van der Waals surface area contributed by atoms with Gasteiger partial charge in [0.25, 0.3) is 0 Å². The first-order valence-corrected chi connectivity index (χ1v) is 9.72. The highest BCUT2D eigenvalue weighted by Gasteiger charge is 2.36. The summed E-state index contributed by atoms with van der Waals surface area (Å²) in [7, 11) is 0. The third-order valence-corrected chi connectivity index (χ3v) is 5.28. The molecule has 1 aromatic heterocycles. The highest BCUT2D eigenvalue weighted by molar-refractivity contribution is 5.77. The Hall–Kier alpha value is -1.69. The summed E-state index contributed by atoms with van der Waals surface area (Å²) in [6.45, 7) is 6.68. The van der Waals surface area contributed by atoms with Gasteiger partial charge in [-0.15, -0.1) is 0 Å². The third-order valence-electron chi connectivity index (χ3n) is 5.28. The van der Waals surface area contributed by atoms with Gasteiger partial charge in [0.15, 0.2) is 0 Å². The van der Waals surface area contributed by atoms with E-state index in [1.54, 1.807) is 0 Å². The predicted molar refractivity (Wildman–Crippen MR) is 99.6 cm³/mol. The molecule has 6 heteroatoms. The summed E-state index contributed by atoms with van der Waals surface area (Å²) in [4.78, 5) is 23.5. The number of rotatable bonds is 5. The molecular weight excluding hydrogens is 314 g/mol. The van der Waals surface area contributed by atoms with Crippen molar-refractivity contribution in [2.45, 2.75) is 70.9 Å². The first-order valence-electron chi connectivity index (χ1n) is 9.72. The van der Waals surface area contributed by atoms with Crippen LogP contribution in [0.2, 0.25) is 0 Å². The Balaban J connectivity index is 1.44. The average Bonchev–Trinajstić information content (AvgIpc) is 2.92. The van der Waals surface area contributed by atoms with Crippen LogP contribution in [0.5, 0.6) is 0 Å². The predicted octanol–water partition coefficient (Wildman–Crippen LogP) is 2.42. The van der Waals surface area contributed by atoms with Crippen molar-refractivity contribution in [3.8, 4) is 0 Å². The van der Waals surface area contributed by atoms with Crippen molar-refractivity contribution in [1.29, 1.82) is 0 Å². The van der Waals surface area contributed by atoms with Crippen molar-refractivity contribution in [1.82, 2.24) is 20.2 Å². The molecule has 2 atom stereocenters. The molecule has 2 fully saturated rings. The summed E-state index contributed by atoms with van der Waals surface area (Å²) in [6, 6.07) is 2.87. The van der Waals surface area contributed by atoms with Crippen molar-refractivity contribution in [3.05, 3.63) is 17.5 Å². The standard InChI is InChI=1S/C19H31N5O/c1-14-13-15(2)23-19(22-14)21-11-6-8-18(25)24-12-9-16-17(24)7-4-3-5-10-20-16/h13,16-17,20H,3-12H2,1-2H3,(H,21,22,23)/t16-,17-/m1/s1. The van der Waals surface area contributed by atoms with E-state index in [1.807, 2.05) is 19.9 Å². The Labute approximate surface area is 150 Å². The van der Waals surface area contributed by atoms with Crippen LogP contribution in [0.4, 0.5) is 5.95 Å². The van der Waals surface area contributed by atoms with E-state index < -0.39 is 0 Å². The summed E-state index contributed by atoms with van der Waals surface area (Å²) in [6.07, 6.45) is 7.46. The van der Waals surface area contributed by atoms with Gasteiger partial charge in [-0.3, -0.25) is 4.79 Å². The van der Waals surface area contributed by atoms with E-state index in [0.29, 0.717) is 30.4 Å². The minimum absolute atomic E-state index is 0.304. The van der Waals surface area contributed by atoms with Gasteiger partial charge in [-0.25, -0.2) is 9.97 Å². The molecule has 138 valence electrons. The summed E-state index contributed by atoms with van der Waals surface area (Å²) in [5.74, 6) is 0.966. The van der Waals surface area contributed by atoms with Crippen molar-refractivity contribution in [2.75, 3.05) is 25.0 Å². The number of likely N-dealkylation sites (tertiary alicyclic amines) is 1. The van der Waals surface area contributed by atoms with Crippen LogP contribution in [0.3, 0.4) is 0 Å². The van der Waals surface area contributed by atoms with Gasteiger partial charge in [-0.1, -0.05) is 12.8 Å². The lowest BCUT2D eigenvalue weighted by Crippen LogP contribution is -2.46. The maximum absolute atomic E-state index is 12.7. The van der Waals surface area contributed by atoms with Crippen LogP contribution in [-0.2, 0) is 4.79 Å². The highest BCUT2D eigenvalue weighted by Crippen LogP contribution is 2.25. The molecule has 0 unspecified atom stereocenters. The number of nitrogens with one attached hydrogen (secondary N) is 2. The number of hydrogen-bond donors (Lipinski definition) is 2. The van der Waals surface area contributed by atoms with Gasteiger partial charge in [0.1, 0.15) is 0 Å². The van der Waals surface area contributed by atoms with Gasteiger partial charge in [-0.05, 0) is 52.1 Å². The Kier molecular flexibility index (Phi) is 6.24. The first kappa shape index (κ1) is 18.1. The molecule has 0 bridgehead atoms. The number of nitrogens with zero attached hydrogens (tertiary/aromatic N) is 3. The summed E-state index contributed by atoms with van der Waals surface area (Å²) < 4.78 is 0. The van der Waals surface area contributed by atoms with Crippen molar-refractivity contribution in [3.63, 3.8) is 0 Å². The van der Waals surface area contributed by atoms with Crippen LogP contribution in [-0.4, -0.2) is 52.5 Å². The fraction of sp³-hybridized carbons (Fsp3) is 0.737. The number of aromatic nitrogens is 2. The smallest absolute Gasteiger partial charge is 0.223 e. The Bertz CT molecular complexity index is 571. The SMILES string of the molecule is Cc1cc(C)nc(NCCCC(=O)N2CC[C@H]3NCCCCC[C@H]32)n1. The second-order valence-electron chi connectivity index (χ2n) is 7.36. The molecule has 0 aromatic carbocycles. The molecule has 0 spiro atoms. The fourth-order valence-electron chi connectivity index (χ4n) is 4.09. The molecule has 2 aliphatic rings. The monoisotopic (exact) mass is 345 g/mol. The van der Waals surface area contributed by atoms with E-state index in [2.05, 4.69) is 25.5 Å². The molecular formula is C19H31N5O. The molecule has 3 heterocycles. The number of carbonyl (C=O) groups excluding carboxylic acids is 1. The molecule has 0 saturated carbocycles. The molecule has 0 aliphatic carbocycles. The number of amides is 1. The number of carbonyl (C=O) groups is 1. The Morgan fingerprint density at radius 1 is 1.24 bits per heavy atom.